The number of ether oxygens (including phenoxy) is 3. The topological polar surface area (TPSA) is 74.6 Å². The second kappa shape index (κ2) is 9.14. The fourth-order valence-electron chi connectivity index (χ4n) is 3.20. The first-order chi connectivity index (χ1) is 14.1. The number of aromatic nitrogens is 2. The summed E-state index contributed by atoms with van der Waals surface area (Å²) in [7, 11) is 4.66. The van der Waals surface area contributed by atoms with E-state index < -0.39 is 0 Å². The molecule has 0 aliphatic rings. The van der Waals surface area contributed by atoms with Crippen molar-refractivity contribution in [2.24, 2.45) is 0 Å². The third kappa shape index (κ3) is 4.51. The number of hydrogen-bond acceptors (Lipinski definition) is 5. The Morgan fingerprint density at radius 2 is 1.79 bits per heavy atom. The molecule has 29 heavy (non-hydrogen) atoms. The predicted molar refractivity (Wildman–Crippen MR) is 113 cm³/mol. The van der Waals surface area contributed by atoms with Gasteiger partial charge in [0.15, 0.2) is 11.5 Å². The van der Waals surface area contributed by atoms with Crippen molar-refractivity contribution in [3.63, 3.8) is 0 Å². The monoisotopic (exact) mass is 395 g/mol. The van der Waals surface area contributed by atoms with E-state index >= 15 is 0 Å². The van der Waals surface area contributed by atoms with Crippen LogP contribution in [0, 0.1) is 6.92 Å². The summed E-state index contributed by atoms with van der Waals surface area (Å²) >= 11 is 0. The summed E-state index contributed by atoms with van der Waals surface area (Å²) in [6.07, 6.45) is 3.19. The van der Waals surface area contributed by atoms with Gasteiger partial charge in [0.25, 0.3) is 0 Å². The molecule has 1 amide bonds. The molecule has 0 saturated carbocycles. The van der Waals surface area contributed by atoms with Gasteiger partial charge in [0, 0.05) is 19.2 Å². The van der Waals surface area contributed by atoms with E-state index in [9.17, 15) is 4.79 Å². The largest absolute Gasteiger partial charge is 0.493 e. The van der Waals surface area contributed by atoms with E-state index in [2.05, 4.69) is 14.9 Å². The molecule has 0 saturated heterocycles. The van der Waals surface area contributed by atoms with Gasteiger partial charge >= 0.3 is 0 Å². The highest BCUT2D eigenvalue weighted by Gasteiger charge is 2.12. The summed E-state index contributed by atoms with van der Waals surface area (Å²) in [6, 6.07) is 11.5. The first-order valence-corrected chi connectivity index (χ1v) is 9.25. The number of para-hydroxylation sites is 2. The number of imidazole rings is 1. The highest BCUT2D eigenvalue weighted by Crippen LogP contribution is 2.38. The van der Waals surface area contributed by atoms with Crippen LogP contribution in [0.4, 0.5) is 0 Å². The number of amides is 1. The molecule has 0 aliphatic carbocycles. The highest BCUT2D eigenvalue weighted by atomic mass is 16.5. The number of carbonyl (C=O) groups is 1. The lowest BCUT2D eigenvalue weighted by atomic mass is 10.1. The van der Waals surface area contributed by atoms with Crippen LogP contribution < -0.4 is 19.5 Å². The molecule has 0 unspecified atom stereocenters. The molecule has 152 valence electrons. The van der Waals surface area contributed by atoms with Crippen molar-refractivity contribution in [3.8, 4) is 17.2 Å². The maximum absolute atomic E-state index is 12.2. The van der Waals surface area contributed by atoms with Crippen molar-refractivity contribution >= 4 is 23.0 Å². The molecule has 0 radical (unpaired) electrons. The molecule has 0 spiro atoms. The van der Waals surface area contributed by atoms with E-state index in [0.29, 0.717) is 30.3 Å². The van der Waals surface area contributed by atoms with Gasteiger partial charge in [-0.25, -0.2) is 4.98 Å². The average molecular weight is 395 g/mol. The lowest BCUT2D eigenvalue weighted by molar-refractivity contribution is -0.116. The number of methoxy groups -OCH3 is 3. The first kappa shape index (κ1) is 20.3. The number of nitrogens with one attached hydrogen (secondary N) is 1. The third-order valence-electron chi connectivity index (χ3n) is 4.59. The van der Waals surface area contributed by atoms with E-state index in [1.54, 1.807) is 39.5 Å². The Kier molecular flexibility index (Phi) is 6.39. The second-order valence-corrected chi connectivity index (χ2v) is 6.38. The lowest BCUT2D eigenvalue weighted by Gasteiger charge is -2.12. The molecule has 0 aliphatic heterocycles. The highest BCUT2D eigenvalue weighted by molar-refractivity contribution is 5.91. The Morgan fingerprint density at radius 3 is 2.45 bits per heavy atom. The van der Waals surface area contributed by atoms with Gasteiger partial charge < -0.3 is 24.1 Å². The number of rotatable bonds is 8. The minimum absolute atomic E-state index is 0.180. The van der Waals surface area contributed by atoms with E-state index in [1.165, 1.54) is 6.08 Å². The first-order valence-electron chi connectivity index (χ1n) is 9.25. The summed E-state index contributed by atoms with van der Waals surface area (Å²) in [5, 5.41) is 2.90. The Morgan fingerprint density at radius 1 is 1.10 bits per heavy atom. The molecule has 3 aromatic rings. The zero-order valence-corrected chi connectivity index (χ0v) is 17.1. The van der Waals surface area contributed by atoms with Crippen molar-refractivity contribution in [3.05, 3.63) is 53.9 Å². The predicted octanol–water partition coefficient (Wildman–Crippen LogP) is 3.20. The Bertz CT molecular complexity index is 1010. The molecule has 3 rings (SSSR count). The maximum Gasteiger partial charge on any atom is 0.244 e. The molecule has 1 heterocycles. The molecule has 2 aromatic carbocycles. The van der Waals surface area contributed by atoms with Crippen LogP contribution in [0.25, 0.3) is 17.1 Å². The molecule has 0 bridgehead atoms. The van der Waals surface area contributed by atoms with E-state index in [-0.39, 0.29) is 5.91 Å². The number of nitrogens with zero attached hydrogens (tertiary/aromatic N) is 2. The van der Waals surface area contributed by atoms with Gasteiger partial charge in [0.05, 0.1) is 32.4 Å². The normalized spacial score (nSPS) is 11.0. The lowest BCUT2D eigenvalue weighted by Crippen LogP contribution is -2.25. The van der Waals surface area contributed by atoms with Gasteiger partial charge in [-0.15, -0.1) is 0 Å². The minimum atomic E-state index is -0.180. The van der Waals surface area contributed by atoms with Crippen LogP contribution >= 0.6 is 0 Å². The molecule has 7 heteroatoms. The number of hydrogen-bond donors (Lipinski definition) is 1. The number of aryl methyl sites for hydroxylation is 1. The van der Waals surface area contributed by atoms with Crippen LogP contribution in [-0.4, -0.2) is 43.3 Å². The second-order valence-electron chi connectivity index (χ2n) is 6.38. The smallest absolute Gasteiger partial charge is 0.244 e. The van der Waals surface area contributed by atoms with Crippen LogP contribution in [0.1, 0.15) is 11.4 Å². The van der Waals surface area contributed by atoms with Crippen molar-refractivity contribution < 1.29 is 19.0 Å². The van der Waals surface area contributed by atoms with E-state index in [0.717, 1.165) is 22.4 Å². The Hall–Kier alpha value is -3.48. The molecule has 1 N–H and O–H groups in total. The standard InChI is InChI=1S/C22H25N3O4/c1-15-24-17-7-5-6-8-18(17)25(15)12-11-23-21(26)10-9-16-13-19(27-2)22(29-4)20(14-16)28-3/h5-10,13-14H,11-12H2,1-4H3,(H,23,26). The summed E-state index contributed by atoms with van der Waals surface area (Å²) in [5.41, 5.74) is 2.79. The van der Waals surface area contributed by atoms with Crippen molar-refractivity contribution in [1.29, 1.82) is 0 Å². The summed E-state index contributed by atoms with van der Waals surface area (Å²) in [6.45, 7) is 3.11. The fraction of sp³-hybridized carbons (Fsp3) is 0.273. The van der Waals surface area contributed by atoms with Gasteiger partial charge in [0.2, 0.25) is 11.7 Å². The van der Waals surface area contributed by atoms with E-state index in [4.69, 9.17) is 14.2 Å². The number of carbonyl (C=O) groups excluding carboxylic acids is 1. The van der Waals surface area contributed by atoms with Gasteiger partial charge in [-0.05, 0) is 42.8 Å². The average Bonchev–Trinajstić information content (AvgIpc) is 3.06. The Balaban J connectivity index is 1.63. The zero-order chi connectivity index (χ0) is 20.8. The van der Waals surface area contributed by atoms with E-state index in [1.807, 2.05) is 31.2 Å². The molecule has 7 nitrogen and oxygen atoms in total. The molecular weight excluding hydrogens is 370 g/mol. The summed E-state index contributed by atoms with van der Waals surface area (Å²) < 4.78 is 18.1. The van der Waals surface area contributed by atoms with Crippen molar-refractivity contribution in [2.75, 3.05) is 27.9 Å². The summed E-state index contributed by atoms with van der Waals surface area (Å²) in [4.78, 5) is 16.8. The van der Waals surface area contributed by atoms with Crippen LogP contribution in [0.3, 0.4) is 0 Å². The number of fused-ring (bicyclic) bond motifs is 1. The van der Waals surface area contributed by atoms with Crippen LogP contribution in [0.2, 0.25) is 0 Å². The molecule has 0 fully saturated rings. The van der Waals surface area contributed by atoms with Crippen LogP contribution in [0.15, 0.2) is 42.5 Å². The maximum atomic E-state index is 12.2. The SMILES string of the molecule is COc1cc(C=CC(=O)NCCn2c(C)nc3ccccc32)cc(OC)c1OC. The van der Waals surface area contributed by atoms with Crippen LogP contribution in [0.5, 0.6) is 17.2 Å². The van der Waals surface area contributed by atoms with Crippen molar-refractivity contribution in [1.82, 2.24) is 14.9 Å². The molecular formula is C22H25N3O4. The minimum Gasteiger partial charge on any atom is -0.493 e. The van der Waals surface area contributed by atoms with Gasteiger partial charge in [-0.3, -0.25) is 4.79 Å². The Labute approximate surface area is 169 Å². The van der Waals surface area contributed by atoms with Gasteiger partial charge in [-0.1, -0.05) is 12.1 Å². The third-order valence-corrected chi connectivity index (χ3v) is 4.59. The molecule has 0 atom stereocenters. The quantitative estimate of drug-likeness (QED) is 0.593. The fourth-order valence-corrected chi connectivity index (χ4v) is 3.20. The number of benzene rings is 2. The van der Waals surface area contributed by atoms with Gasteiger partial charge in [0.1, 0.15) is 5.82 Å². The molecule has 1 aromatic heterocycles. The zero-order valence-electron chi connectivity index (χ0n) is 17.1. The summed E-state index contributed by atoms with van der Waals surface area (Å²) in [5.74, 6) is 2.33. The van der Waals surface area contributed by atoms with Crippen LogP contribution in [-0.2, 0) is 11.3 Å². The van der Waals surface area contributed by atoms with Crippen molar-refractivity contribution in [2.45, 2.75) is 13.5 Å². The van der Waals surface area contributed by atoms with Gasteiger partial charge in [-0.2, -0.15) is 0 Å².